The molecule has 3 atom stereocenters. The Bertz CT molecular complexity index is 899. The number of para-hydroxylation sites is 1. The minimum absolute atomic E-state index is 0.0398. The van der Waals surface area contributed by atoms with Crippen molar-refractivity contribution >= 4 is 11.6 Å². The van der Waals surface area contributed by atoms with E-state index in [0.29, 0.717) is 25.1 Å². The van der Waals surface area contributed by atoms with E-state index < -0.39 is 6.29 Å². The summed E-state index contributed by atoms with van der Waals surface area (Å²) in [5.41, 5.74) is 2.51. The fourth-order valence-corrected chi connectivity index (χ4v) is 3.66. The van der Waals surface area contributed by atoms with Crippen LogP contribution in [-0.2, 0) is 14.3 Å². The molecule has 5 heteroatoms. The zero-order chi connectivity index (χ0) is 21.3. The molecule has 0 aromatic heterocycles. The quantitative estimate of drug-likeness (QED) is 0.650. The van der Waals surface area contributed by atoms with Crippen molar-refractivity contribution < 1.29 is 19.4 Å². The highest BCUT2D eigenvalue weighted by Gasteiger charge is 2.37. The molecule has 1 amide bonds. The molecule has 5 nitrogen and oxygen atoms in total. The van der Waals surface area contributed by atoms with Crippen molar-refractivity contribution in [2.75, 3.05) is 18.5 Å². The smallest absolute Gasteiger partial charge is 0.290 e. The molecule has 2 aromatic rings. The zero-order valence-electron chi connectivity index (χ0n) is 17.1. The third-order valence-electron chi connectivity index (χ3n) is 5.13. The fraction of sp³-hybridized carbons (Fsp3) is 0.320. The summed E-state index contributed by atoms with van der Waals surface area (Å²) in [6.45, 7) is 2.44. The van der Waals surface area contributed by atoms with E-state index in [1.165, 1.54) is 0 Å². The second-order valence-electron chi connectivity index (χ2n) is 7.11. The third kappa shape index (κ3) is 5.29. The van der Waals surface area contributed by atoms with Crippen LogP contribution >= 0.6 is 0 Å². The SMILES string of the molecule is C#Cc1ccc([C@H]2C=C(C(=O)Nc3ccccc3)O[C@@H](OCC)[C@@H]2CCCO)cc1. The van der Waals surface area contributed by atoms with Gasteiger partial charge in [-0.15, -0.1) is 6.42 Å². The molecule has 0 unspecified atom stereocenters. The summed E-state index contributed by atoms with van der Waals surface area (Å²) < 4.78 is 11.8. The Morgan fingerprint density at radius 2 is 1.93 bits per heavy atom. The molecule has 0 radical (unpaired) electrons. The van der Waals surface area contributed by atoms with Crippen LogP contribution in [0.5, 0.6) is 0 Å². The second kappa shape index (κ2) is 10.6. The molecule has 0 saturated heterocycles. The summed E-state index contributed by atoms with van der Waals surface area (Å²) in [4.78, 5) is 12.9. The van der Waals surface area contributed by atoms with Crippen LogP contribution in [0.15, 0.2) is 66.4 Å². The molecule has 2 N–H and O–H groups in total. The normalized spacial score (nSPS) is 20.6. The van der Waals surface area contributed by atoms with Crippen LogP contribution < -0.4 is 5.32 Å². The van der Waals surface area contributed by atoms with E-state index in [1.54, 1.807) is 0 Å². The van der Waals surface area contributed by atoms with E-state index in [1.807, 2.05) is 67.6 Å². The summed E-state index contributed by atoms with van der Waals surface area (Å²) >= 11 is 0. The average Bonchev–Trinajstić information content (AvgIpc) is 2.78. The summed E-state index contributed by atoms with van der Waals surface area (Å²) in [6.07, 6.45) is 8.07. The van der Waals surface area contributed by atoms with Crippen molar-refractivity contribution in [3.05, 3.63) is 77.6 Å². The molecule has 156 valence electrons. The predicted octanol–water partition coefficient (Wildman–Crippen LogP) is 4.06. The van der Waals surface area contributed by atoms with Crippen LogP contribution in [0.4, 0.5) is 5.69 Å². The lowest BCUT2D eigenvalue weighted by Gasteiger charge is -2.37. The molecule has 3 rings (SSSR count). The van der Waals surface area contributed by atoms with Crippen molar-refractivity contribution in [3.63, 3.8) is 0 Å². The van der Waals surface area contributed by atoms with Gasteiger partial charge < -0.3 is 19.9 Å². The lowest BCUT2D eigenvalue weighted by atomic mass is 9.80. The Morgan fingerprint density at radius 1 is 1.20 bits per heavy atom. The van der Waals surface area contributed by atoms with E-state index >= 15 is 0 Å². The fourth-order valence-electron chi connectivity index (χ4n) is 3.66. The number of amides is 1. The summed E-state index contributed by atoms with van der Waals surface area (Å²) in [5.74, 6) is 2.38. The number of terminal acetylenes is 1. The molecule has 0 bridgehead atoms. The molecule has 2 aromatic carbocycles. The van der Waals surface area contributed by atoms with Gasteiger partial charge in [0, 0.05) is 36.3 Å². The number of carbonyl (C=O) groups excluding carboxylic acids is 1. The van der Waals surface area contributed by atoms with E-state index in [-0.39, 0.29) is 30.1 Å². The van der Waals surface area contributed by atoms with E-state index in [9.17, 15) is 9.90 Å². The zero-order valence-corrected chi connectivity index (χ0v) is 17.1. The van der Waals surface area contributed by atoms with Gasteiger partial charge in [0.2, 0.25) is 6.29 Å². The number of benzene rings is 2. The summed E-state index contributed by atoms with van der Waals surface area (Å²) in [6, 6.07) is 17.0. The molecule has 1 aliphatic heterocycles. The van der Waals surface area contributed by atoms with Gasteiger partial charge in [0.15, 0.2) is 5.76 Å². The number of rotatable bonds is 8. The highest BCUT2D eigenvalue weighted by molar-refractivity contribution is 6.02. The number of carbonyl (C=O) groups is 1. The lowest BCUT2D eigenvalue weighted by molar-refractivity contribution is -0.165. The van der Waals surface area contributed by atoms with Gasteiger partial charge in [-0.1, -0.05) is 36.3 Å². The predicted molar refractivity (Wildman–Crippen MR) is 117 cm³/mol. The Kier molecular flexibility index (Phi) is 7.67. The maximum Gasteiger partial charge on any atom is 0.290 e. The van der Waals surface area contributed by atoms with Crippen molar-refractivity contribution in [1.29, 1.82) is 0 Å². The van der Waals surface area contributed by atoms with Crippen LogP contribution in [-0.4, -0.2) is 30.5 Å². The van der Waals surface area contributed by atoms with Gasteiger partial charge >= 0.3 is 0 Å². The number of nitrogens with one attached hydrogen (secondary N) is 1. The van der Waals surface area contributed by atoms with Crippen molar-refractivity contribution in [2.24, 2.45) is 5.92 Å². The van der Waals surface area contributed by atoms with Gasteiger partial charge in [0.25, 0.3) is 5.91 Å². The van der Waals surface area contributed by atoms with Crippen molar-refractivity contribution in [1.82, 2.24) is 0 Å². The van der Waals surface area contributed by atoms with Crippen molar-refractivity contribution in [3.8, 4) is 12.3 Å². The van der Waals surface area contributed by atoms with Gasteiger partial charge in [-0.2, -0.15) is 0 Å². The maximum absolute atomic E-state index is 12.9. The Labute approximate surface area is 177 Å². The molecule has 30 heavy (non-hydrogen) atoms. The highest BCUT2D eigenvalue weighted by Crippen LogP contribution is 2.39. The molecule has 0 spiro atoms. The maximum atomic E-state index is 12.9. The van der Waals surface area contributed by atoms with Gasteiger partial charge in [0.05, 0.1) is 0 Å². The first-order valence-electron chi connectivity index (χ1n) is 10.2. The standard InChI is InChI=1S/C25H27NO4/c1-3-18-12-14-19(15-13-18)22-17-23(24(28)26-20-9-6-5-7-10-20)30-25(29-4-2)21(22)11-8-16-27/h1,5-7,9-10,12-15,17,21-22,25,27H,4,8,11,16H2,2H3,(H,26,28)/t21-,22-,25-/m1/s1. The van der Waals surface area contributed by atoms with Crippen molar-refractivity contribution in [2.45, 2.75) is 32.0 Å². The number of anilines is 1. The van der Waals surface area contributed by atoms with Crippen LogP contribution in [0.2, 0.25) is 0 Å². The number of allylic oxidation sites excluding steroid dienone is 1. The Balaban J connectivity index is 1.93. The Hall–Kier alpha value is -3.07. The molecule has 0 saturated carbocycles. The van der Waals surface area contributed by atoms with Crippen LogP contribution in [0.1, 0.15) is 36.8 Å². The van der Waals surface area contributed by atoms with Gasteiger partial charge in [-0.3, -0.25) is 4.79 Å². The number of aliphatic hydroxyl groups excluding tert-OH is 1. The first-order valence-corrected chi connectivity index (χ1v) is 10.2. The summed E-state index contributed by atoms with van der Waals surface area (Å²) in [5, 5.41) is 12.2. The summed E-state index contributed by atoms with van der Waals surface area (Å²) in [7, 11) is 0. The number of hydrogen-bond donors (Lipinski definition) is 2. The minimum atomic E-state index is -0.583. The molecule has 0 aliphatic carbocycles. The van der Waals surface area contributed by atoms with Gasteiger partial charge in [0.1, 0.15) is 0 Å². The van der Waals surface area contributed by atoms with E-state index in [4.69, 9.17) is 15.9 Å². The minimum Gasteiger partial charge on any atom is -0.459 e. The van der Waals surface area contributed by atoms with E-state index in [2.05, 4.69) is 11.2 Å². The monoisotopic (exact) mass is 405 g/mol. The molecule has 1 heterocycles. The Morgan fingerprint density at radius 3 is 2.57 bits per heavy atom. The van der Waals surface area contributed by atoms with Crippen LogP contribution in [0.25, 0.3) is 0 Å². The third-order valence-corrected chi connectivity index (χ3v) is 5.13. The molecule has 0 fully saturated rings. The average molecular weight is 405 g/mol. The number of aliphatic hydroxyl groups is 1. The van der Waals surface area contributed by atoms with Crippen LogP contribution in [0.3, 0.4) is 0 Å². The molecule has 1 aliphatic rings. The van der Waals surface area contributed by atoms with Gasteiger partial charge in [-0.25, -0.2) is 0 Å². The number of ether oxygens (including phenoxy) is 2. The first-order chi connectivity index (χ1) is 14.7. The topological polar surface area (TPSA) is 67.8 Å². The van der Waals surface area contributed by atoms with E-state index in [0.717, 1.165) is 11.1 Å². The molecular weight excluding hydrogens is 378 g/mol. The van der Waals surface area contributed by atoms with Crippen LogP contribution in [0, 0.1) is 18.3 Å². The lowest BCUT2D eigenvalue weighted by Crippen LogP contribution is -2.37. The highest BCUT2D eigenvalue weighted by atomic mass is 16.7. The second-order valence-corrected chi connectivity index (χ2v) is 7.11. The first kappa shape index (κ1) is 21.6. The molecular formula is C25H27NO4. The van der Waals surface area contributed by atoms with Gasteiger partial charge in [-0.05, 0) is 55.7 Å². The number of hydrogen-bond acceptors (Lipinski definition) is 4. The largest absolute Gasteiger partial charge is 0.459 e.